The monoisotopic (exact) mass is 478 g/mol. The molecule has 1 unspecified atom stereocenters. The first kappa shape index (κ1) is 25.3. The first-order valence-corrected chi connectivity index (χ1v) is 15.6. The molecule has 0 spiro atoms. The van der Waals surface area contributed by atoms with Gasteiger partial charge in [-0.15, -0.1) is 0 Å². The zero-order valence-corrected chi connectivity index (χ0v) is 23.5. The van der Waals surface area contributed by atoms with Crippen LogP contribution in [-0.2, 0) is 4.74 Å². The van der Waals surface area contributed by atoms with Gasteiger partial charge in [-0.25, -0.2) is 0 Å². The molecule has 0 aromatic heterocycles. The highest BCUT2D eigenvalue weighted by molar-refractivity contribution is 8.22. The van der Waals surface area contributed by atoms with Crippen LogP contribution in [0.4, 0.5) is 0 Å². The van der Waals surface area contributed by atoms with Gasteiger partial charge in [-0.1, -0.05) is 65.6 Å². The molecule has 4 aliphatic rings. The van der Waals surface area contributed by atoms with E-state index in [0.29, 0.717) is 16.9 Å². The normalized spacial score (nSPS) is 44.5. The van der Waals surface area contributed by atoms with Gasteiger partial charge >= 0.3 is 0 Å². The molecule has 1 nitrogen and oxygen atoms in total. The van der Waals surface area contributed by atoms with Gasteiger partial charge in [0, 0.05) is 0 Å². The minimum Gasteiger partial charge on any atom is -0.475 e. The molecule has 4 fully saturated rings. The molecule has 4 aliphatic carbocycles. The lowest BCUT2D eigenvalue weighted by atomic mass is 9.44. The number of ether oxygens (including phenoxy) is 1. The van der Waals surface area contributed by atoms with E-state index >= 15 is 0 Å². The molecule has 3 heteroatoms. The number of fused-ring (bicyclic) bond motifs is 5. The Balaban J connectivity index is 1.42. The summed E-state index contributed by atoms with van der Waals surface area (Å²) in [5.74, 6) is 6.55. The highest BCUT2D eigenvalue weighted by Gasteiger charge is 2.60. The Morgan fingerprint density at radius 3 is 2.38 bits per heavy atom. The lowest BCUT2D eigenvalue weighted by Crippen LogP contribution is -2.54. The summed E-state index contributed by atoms with van der Waals surface area (Å²) in [7, 11) is 0. The summed E-state index contributed by atoms with van der Waals surface area (Å²) in [5.41, 5.74) is 1.17. The van der Waals surface area contributed by atoms with Crippen molar-refractivity contribution in [1.29, 1.82) is 0 Å². The average molecular weight is 479 g/mol. The van der Waals surface area contributed by atoms with E-state index in [9.17, 15) is 0 Å². The van der Waals surface area contributed by atoms with Crippen molar-refractivity contribution in [3.05, 3.63) is 0 Å². The van der Waals surface area contributed by atoms with Crippen LogP contribution >= 0.6 is 24.0 Å². The third kappa shape index (κ3) is 4.69. The quantitative estimate of drug-likeness (QED) is 0.352. The third-order valence-corrected chi connectivity index (χ3v) is 12.3. The highest BCUT2D eigenvalue weighted by Crippen LogP contribution is 2.68. The highest BCUT2D eigenvalue weighted by atomic mass is 32.2. The second kappa shape index (κ2) is 10.1. The van der Waals surface area contributed by atoms with Crippen molar-refractivity contribution < 1.29 is 4.74 Å². The van der Waals surface area contributed by atoms with Gasteiger partial charge in [0.2, 0.25) is 4.38 Å². The predicted molar refractivity (Wildman–Crippen MR) is 144 cm³/mol. The molecule has 0 aromatic rings. The zero-order valence-electron chi connectivity index (χ0n) is 21.8. The first-order chi connectivity index (χ1) is 15.2. The Morgan fingerprint density at radius 1 is 0.938 bits per heavy atom. The van der Waals surface area contributed by atoms with Crippen molar-refractivity contribution in [3.8, 4) is 0 Å². The molecule has 184 valence electrons. The van der Waals surface area contributed by atoms with Crippen molar-refractivity contribution in [2.24, 2.45) is 52.3 Å². The van der Waals surface area contributed by atoms with Crippen LogP contribution in [0, 0.1) is 52.3 Å². The lowest BCUT2D eigenvalue weighted by molar-refractivity contribution is -0.127. The van der Waals surface area contributed by atoms with Crippen molar-refractivity contribution in [1.82, 2.24) is 0 Å². The number of rotatable bonds is 6. The van der Waals surface area contributed by atoms with Crippen LogP contribution in [0.1, 0.15) is 112 Å². The minimum absolute atomic E-state index is 0.376. The van der Waals surface area contributed by atoms with E-state index in [-0.39, 0.29) is 0 Å². The molecule has 0 N–H and O–H groups in total. The number of thioether (sulfide) groups is 1. The Labute approximate surface area is 209 Å². The maximum absolute atomic E-state index is 6.14. The van der Waals surface area contributed by atoms with Gasteiger partial charge in [0.05, 0.1) is 0 Å². The first-order valence-electron chi connectivity index (χ1n) is 13.9. The molecule has 0 heterocycles. The molecule has 4 rings (SSSR count). The summed E-state index contributed by atoms with van der Waals surface area (Å²) >= 11 is 6.97. The summed E-state index contributed by atoms with van der Waals surface area (Å²) < 4.78 is 6.89. The average Bonchev–Trinajstić information content (AvgIpc) is 3.11. The fraction of sp³-hybridized carbons (Fsp3) is 0.966. The molecule has 0 radical (unpaired) electrons. The second-order valence-corrected chi connectivity index (χ2v) is 14.6. The van der Waals surface area contributed by atoms with Crippen LogP contribution in [0.2, 0.25) is 0 Å². The van der Waals surface area contributed by atoms with E-state index in [0.717, 1.165) is 45.8 Å². The predicted octanol–water partition coefficient (Wildman–Crippen LogP) is 9.14. The summed E-state index contributed by atoms with van der Waals surface area (Å²) in [6.45, 7) is 12.8. The maximum atomic E-state index is 6.14. The van der Waals surface area contributed by atoms with E-state index < -0.39 is 0 Å². The van der Waals surface area contributed by atoms with Crippen LogP contribution in [0.5, 0.6) is 0 Å². The number of hydrogen-bond acceptors (Lipinski definition) is 3. The van der Waals surface area contributed by atoms with Gasteiger partial charge < -0.3 is 4.74 Å². The summed E-state index contributed by atoms with van der Waals surface area (Å²) in [6.07, 6.45) is 19.5. The van der Waals surface area contributed by atoms with E-state index in [4.69, 9.17) is 17.0 Å². The van der Waals surface area contributed by atoms with Crippen molar-refractivity contribution in [2.45, 2.75) is 118 Å². The van der Waals surface area contributed by atoms with Crippen molar-refractivity contribution in [2.75, 3.05) is 6.26 Å². The smallest absolute Gasteiger partial charge is 0.219 e. The Kier molecular flexibility index (Phi) is 7.98. The second-order valence-electron chi connectivity index (χ2n) is 13.2. The van der Waals surface area contributed by atoms with Crippen LogP contribution < -0.4 is 0 Å². The number of hydrogen-bond donors (Lipinski definition) is 0. The van der Waals surface area contributed by atoms with Gasteiger partial charge in [0.1, 0.15) is 6.10 Å². The van der Waals surface area contributed by atoms with Crippen LogP contribution in [0.15, 0.2) is 0 Å². The lowest BCUT2D eigenvalue weighted by Gasteiger charge is -2.61. The van der Waals surface area contributed by atoms with Crippen LogP contribution in [-0.4, -0.2) is 16.7 Å². The van der Waals surface area contributed by atoms with Gasteiger partial charge in [0.25, 0.3) is 0 Å². The molecule has 0 aromatic carbocycles. The van der Waals surface area contributed by atoms with Crippen LogP contribution in [0.3, 0.4) is 0 Å². The topological polar surface area (TPSA) is 9.23 Å². The van der Waals surface area contributed by atoms with Gasteiger partial charge in [0.15, 0.2) is 0 Å². The maximum Gasteiger partial charge on any atom is 0.219 e. The van der Waals surface area contributed by atoms with E-state index in [1.165, 1.54) is 77.0 Å². The van der Waals surface area contributed by atoms with Gasteiger partial charge in [-0.2, -0.15) is 0 Å². The van der Waals surface area contributed by atoms with Crippen molar-refractivity contribution in [3.63, 3.8) is 0 Å². The van der Waals surface area contributed by atoms with Crippen LogP contribution in [0.25, 0.3) is 0 Å². The number of thiocarbonyl (C=S) groups is 1. The fourth-order valence-corrected chi connectivity index (χ4v) is 9.90. The fourth-order valence-electron chi connectivity index (χ4n) is 9.53. The molecule has 4 saturated carbocycles. The summed E-state index contributed by atoms with van der Waals surface area (Å²) in [6, 6.07) is 0. The van der Waals surface area contributed by atoms with Crippen molar-refractivity contribution >= 4 is 28.4 Å². The minimum atomic E-state index is 0.376. The Bertz CT molecular complexity index is 662. The SMILES string of the molecule is CSC(=S)OC1CC[C@@]2(C)[C@@H](CC[C@@H]3[C@@H]2CC[C@]2(C)[C@@H]([C@H](C)CCCC(C)C)CC[C@@H]32)C1. The summed E-state index contributed by atoms with van der Waals surface area (Å²) in [4.78, 5) is 0. The largest absolute Gasteiger partial charge is 0.475 e. The van der Waals surface area contributed by atoms with E-state index in [2.05, 4.69) is 34.6 Å². The van der Waals surface area contributed by atoms with E-state index in [1.807, 2.05) is 6.26 Å². The molecule has 0 bridgehead atoms. The molecule has 0 aliphatic heterocycles. The molecule has 0 saturated heterocycles. The van der Waals surface area contributed by atoms with E-state index in [1.54, 1.807) is 11.8 Å². The molecule has 0 amide bonds. The molecule has 9 atom stereocenters. The van der Waals surface area contributed by atoms with Gasteiger partial charge in [-0.3, -0.25) is 0 Å². The summed E-state index contributed by atoms with van der Waals surface area (Å²) in [5, 5.41) is 0. The Morgan fingerprint density at radius 2 is 1.66 bits per heavy atom. The Hall–Kier alpha value is 0.240. The zero-order chi connectivity index (χ0) is 23.1. The molecular weight excluding hydrogens is 428 g/mol. The standard InChI is InChI=1S/C29H50OS2/c1-19(2)8-7-9-20(3)24-12-13-25-23-11-10-21-18-22(30-27(31)32-6)14-16-28(21,4)26(23)15-17-29(24,25)5/h19-26H,7-18H2,1-6H3/t20-,21+,22?,23+,24-,25+,26+,28+,29-/m1/s1. The molecular formula is C29H50OS2. The molecule has 32 heavy (non-hydrogen) atoms. The van der Waals surface area contributed by atoms with Gasteiger partial charge in [-0.05, 0) is 129 Å². The third-order valence-electron chi connectivity index (χ3n) is 11.2.